The first kappa shape index (κ1) is 19.9. The number of fused-ring (bicyclic) bond motifs is 3. The van der Waals surface area contributed by atoms with Crippen LogP contribution in [0.1, 0.15) is 8.22 Å². The normalized spacial score (nSPS) is 20.7. The first-order chi connectivity index (χ1) is 23.3. The lowest BCUT2D eigenvalue weighted by atomic mass is 10.1. The zero-order chi connectivity index (χ0) is 34.2. The molecule has 1 aromatic heterocycles. The van der Waals surface area contributed by atoms with Crippen LogP contribution in [0.25, 0.3) is 27.5 Å². The fourth-order valence-electron chi connectivity index (χ4n) is 6.24. The smallest absolute Gasteiger partial charge is 0.0938 e. The summed E-state index contributed by atoms with van der Waals surface area (Å²) in [5.74, 6) is 0. The highest BCUT2D eigenvalue weighted by atomic mass is 15.4. The number of anilines is 4. The number of hydrogen-bond donors (Lipinski definition) is 0. The lowest BCUT2D eigenvalue weighted by molar-refractivity contribution is 0.494. The molecule has 0 bridgehead atoms. The third kappa shape index (κ3) is 4.39. The minimum Gasteiger partial charge on any atom is -0.361 e. The molecule has 0 fully saturated rings. The van der Waals surface area contributed by atoms with E-state index < -0.39 is 14.0 Å². The van der Waals surface area contributed by atoms with Crippen LogP contribution in [-0.4, -0.2) is 78.9 Å². The molecule has 218 valence electrons. The van der Waals surface area contributed by atoms with Crippen LogP contribution in [0.4, 0.5) is 22.7 Å². The van der Waals surface area contributed by atoms with Crippen LogP contribution in [0, 0.1) is 0 Å². The van der Waals surface area contributed by atoms with Crippen molar-refractivity contribution in [1.82, 2.24) is 24.2 Å². The Morgan fingerprint density at radius 3 is 1.23 bits per heavy atom. The van der Waals surface area contributed by atoms with Gasteiger partial charge in [0.05, 0.1) is 43.4 Å². The number of hydrogen-bond acceptors (Lipinski definition) is 8. The molecule has 0 aliphatic carbocycles. The van der Waals surface area contributed by atoms with Crippen LogP contribution in [0.2, 0.25) is 0 Å². The molecule has 4 aromatic rings. The van der Waals surface area contributed by atoms with Crippen molar-refractivity contribution in [2.75, 3.05) is 74.3 Å². The maximum absolute atomic E-state index is 7.96. The van der Waals surface area contributed by atoms with Crippen LogP contribution in [-0.2, 0) is 0 Å². The van der Waals surface area contributed by atoms with Gasteiger partial charge in [0.15, 0.2) is 0 Å². The van der Waals surface area contributed by atoms with E-state index >= 15 is 0 Å². The van der Waals surface area contributed by atoms with E-state index in [4.69, 9.17) is 8.22 Å². The summed E-state index contributed by atoms with van der Waals surface area (Å²) in [5.41, 5.74) is 6.67. The van der Waals surface area contributed by atoms with Crippen molar-refractivity contribution in [1.29, 1.82) is 0 Å². The molecule has 4 aliphatic rings. The molecule has 0 radical (unpaired) electrons. The molecule has 9 nitrogen and oxygen atoms in total. The van der Waals surface area contributed by atoms with Gasteiger partial charge in [-0.25, -0.2) is 0 Å². The molecule has 0 spiro atoms. The SMILES string of the molecule is [2H]C([2H])([2H])N1C=CN(c2cc(N3C=CN(C)C3)cc(-n3c4cc(N5C=CN(C)C5)ccc4c4ccc(N5C=CN(C([2H])([2H])[2H])C5)cc43)c2)C1. The summed E-state index contributed by atoms with van der Waals surface area (Å²) in [7, 11) is 4.07. The summed E-state index contributed by atoms with van der Waals surface area (Å²) >= 11 is 0. The fraction of sp³-hybridized carbons (Fsp3) is 0.235. The van der Waals surface area contributed by atoms with Gasteiger partial charge in [-0.3, -0.25) is 0 Å². The van der Waals surface area contributed by atoms with Crippen molar-refractivity contribution in [3.8, 4) is 5.69 Å². The van der Waals surface area contributed by atoms with Crippen LogP contribution >= 0.6 is 0 Å². The zero-order valence-corrected chi connectivity index (χ0v) is 24.2. The van der Waals surface area contributed by atoms with Gasteiger partial charge in [-0.05, 0) is 42.5 Å². The molecule has 0 saturated carbocycles. The Hall–Kier alpha value is -5.18. The van der Waals surface area contributed by atoms with E-state index in [1.807, 2.05) is 48.6 Å². The number of aromatic nitrogens is 1. The molecule has 9 heteroatoms. The molecule has 3 aromatic carbocycles. The molecule has 4 aliphatic heterocycles. The second-order valence-electron chi connectivity index (χ2n) is 11.5. The summed E-state index contributed by atoms with van der Waals surface area (Å²) in [5, 5.41) is 2.16. The van der Waals surface area contributed by atoms with E-state index in [1.54, 1.807) is 18.6 Å². The summed E-state index contributed by atoms with van der Waals surface area (Å²) < 4.78 is 49.8. The average Bonchev–Trinajstić information content (AvgIpc) is 3.89. The topological polar surface area (TPSA) is 30.9 Å². The van der Waals surface area contributed by atoms with Gasteiger partial charge in [-0.2, -0.15) is 0 Å². The monoisotopic (exact) mass is 577 g/mol. The van der Waals surface area contributed by atoms with Gasteiger partial charge >= 0.3 is 0 Å². The summed E-state index contributed by atoms with van der Waals surface area (Å²) in [6.45, 7) is -2.63. The fourth-order valence-corrected chi connectivity index (χ4v) is 6.24. The van der Waals surface area contributed by atoms with Gasteiger partial charge < -0.3 is 43.8 Å². The Morgan fingerprint density at radius 1 is 0.442 bits per heavy atom. The quantitative estimate of drug-likeness (QED) is 0.307. The van der Waals surface area contributed by atoms with Crippen LogP contribution < -0.4 is 19.6 Å². The van der Waals surface area contributed by atoms with Gasteiger partial charge in [0.25, 0.3) is 0 Å². The van der Waals surface area contributed by atoms with E-state index in [0.29, 0.717) is 6.67 Å². The summed E-state index contributed by atoms with van der Waals surface area (Å²) in [6.07, 6.45) is 15.1. The molecule has 43 heavy (non-hydrogen) atoms. The number of nitrogens with zero attached hydrogens (tertiary/aromatic N) is 9. The third-order valence-corrected chi connectivity index (χ3v) is 8.42. The Morgan fingerprint density at radius 2 is 0.837 bits per heavy atom. The van der Waals surface area contributed by atoms with Crippen molar-refractivity contribution >= 4 is 44.6 Å². The van der Waals surface area contributed by atoms with Crippen molar-refractivity contribution in [2.45, 2.75) is 0 Å². The largest absolute Gasteiger partial charge is 0.361 e. The van der Waals surface area contributed by atoms with E-state index in [-0.39, 0.29) is 13.3 Å². The lowest BCUT2D eigenvalue weighted by Crippen LogP contribution is -2.24. The maximum Gasteiger partial charge on any atom is 0.0938 e. The van der Waals surface area contributed by atoms with Crippen LogP contribution in [0.5, 0.6) is 0 Å². The molecule has 0 unspecified atom stereocenters. The molecular formula is C34H37N9. The van der Waals surface area contributed by atoms with Crippen molar-refractivity contribution in [3.63, 3.8) is 0 Å². The van der Waals surface area contributed by atoms with Crippen molar-refractivity contribution in [3.05, 3.63) is 104 Å². The molecule has 0 amide bonds. The zero-order valence-electron chi connectivity index (χ0n) is 30.2. The third-order valence-electron chi connectivity index (χ3n) is 8.42. The predicted molar refractivity (Wildman–Crippen MR) is 178 cm³/mol. The number of benzene rings is 3. The van der Waals surface area contributed by atoms with Gasteiger partial charge in [0.1, 0.15) is 0 Å². The van der Waals surface area contributed by atoms with Gasteiger partial charge in [0, 0.05) is 119 Å². The minimum atomic E-state index is -2.25. The molecule has 5 heterocycles. The van der Waals surface area contributed by atoms with E-state index in [2.05, 4.69) is 85.1 Å². The maximum atomic E-state index is 7.96. The van der Waals surface area contributed by atoms with E-state index in [0.717, 1.165) is 56.9 Å². The van der Waals surface area contributed by atoms with Crippen molar-refractivity contribution in [2.24, 2.45) is 0 Å². The standard InChI is InChI=1S/C34H37N9/c1-35-9-13-39(22-35)26-5-7-31-32-8-6-27(40-14-10-36(2)23-40)21-34(32)43(33(31)20-26)30-18-28(41-15-11-37(3)24-41)17-29(19-30)42-16-12-38(4)25-42/h5-21H,22-25H2,1-4H3/i1D3,3D3. The van der Waals surface area contributed by atoms with Gasteiger partial charge in [0.2, 0.25) is 0 Å². The Balaban J connectivity index is 1.31. The van der Waals surface area contributed by atoms with Crippen LogP contribution in [0.15, 0.2) is 104 Å². The Labute approximate surface area is 261 Å². The summed E-state index contributed by atoms with van der Waals surface area (Å²) in [6, 6.07) is 19.2. The van der Waals surface area contributed by atoms with Gasteiger partial charge in [-0.1, -0.05) is 12.1 Å². The summed E-state index contributed by atoms with van der Waals surface area (Å²) in [4.78, 5) is 15.2. The molecule has 8 rings (SSSR count). The second kappa shape index (κ2) is 9.69. The number of rotatable bonds is 5. The average molecular weight is 578 g/mol. The van der Waals surface area contributed by atoms with E-state index in [9.17, 15) is 0 Å². The first-order valence-corrected chi connectivity index (χ1v) is 14.3. The minimum absolute atomic E-state index is 0.201. The molecule has 0 atom stereocenters. The highest BCUT2D eigenvalue weighted by Crippen LogP contribution is 2.39. The Bertz CT molecular complexity index is 2060. The molecular weight excluding hydrogens is 534 g/mol. The van der Waals surface area contributed by atoms with E-state index in [1.165, 1.54) is 9.80 Å². The predicted octanol–water partition coefficient (Wildman–Crippen LogP) is 5.51. The van der Waals surface area contributed by atoms with Gasteiger partial charge in [-0.15, -0.1) is 0 Å². The lowest BCUT2D eigenvalue weighted by Gasteiger charge is -2.25. The Kier molecular flexibility index (Phi) is 4.47. The second-order valence-corrected chi connectivity index (χ2v) is 11.5. The van der Waals surface area contributed by atoms with Crippen molar-refractivity contribution < 1.29 is 8.22 Å². The first-order valence-electron chi connectivity index (χ1n) is 17.3. The molecule has 0 N–H and O–H groups in total. The molecule has 0 saturated heterocycles. The van der Waals surface area contributed by atoms with Crippen LogP contribution in [0.3, 0.4) is 0 Å². The highest BCUT2D eigenvalue weighted by molar-refractivity contribution is 6.11. The highest BCUT2D eigenvalue weighted by Gasteiger charge is 2.22.